The third-order valence-electron chi connectivity index (χ3n) is 13.1. The summed E-state index contributed by atoms with van der Waals surface area (Å²) in [4.78, 5) is 2.65. The summed E-state index contributed by atoms with van der Waals surface area (Å²) in [6, 6.07) is 67.5. The Morgan fingerprint density at radius 1 is 0.544 bits per heavy atom. The van der Waals surface area contributed by atoms with Gasteiger partial charge in [0.25, 0.3) is 0 Å². The van der Waals surface area contributed by atoms with Gasteiger partial charge in [-0.25, -0.2) is 0 Å². The minimum absolute atomic E-state index is 0.0906. The monoisotopic (exact) mass is 730 g/mol. The van der Waals surface area contributed by atoms with Gasteiger partial charge >= 0.3 is 6.85 Å². The molecule has 0 fully saturated rings. The average molecular weight is 731 g/mol. The van der Waals surface area contributed by atoms with Gasteiger partial charge in [0.2, 0.25) is 0 Å². The molecule has 0 atom stereocenters. The second kappa shape index (κ2) is 12.5. The molecule has 1 N–H and O–H groups in total. The summed E-state index contributed by atoms with van der Waals surface area (Å²) in [5, 5.41) is 4.16. The molecule has 8 aromatic carbocycles. The van der Waals surface area contributed by atoms with Crippen molar-refractivity contribution >= 4 is 40.5 Å². The molecular formula is C54H43BN2. The zero-order valence-corrected chi connectivity index (χ0v) is 32.8. The molecule has 0 amide bonds. The normalized spacial score (nSPS) is 14.2. The Morgan fingerprint density at radius 2 is 1.14 bits per heavy atom. The van der Waals surface area contributed by atoms with E-state index < -0.39 is 0 Å². The number of fused-ring (bicyclic) bond motifs is 8. The fourth-order valence-corrected chi connectivity index (χ4v) is 10.3. The molecule has 2 nitrogen and oxygen atoms in total. The van der Waals surface area contributed by atoms with Gasteiger partial charge < -0.3 is 10.1 Å². The molecule has 0 bridgehead atoms. The minimum Gasteiger partial charge on any atom is -0.376 e. The van der Waals surface area contributed by atoms with E-state index in [1.165, 1.54) is 100 Å². The third-order valence-corrected chi connectivity index (χ3v) is 13.1. The molecule has 272 valence electrons. The first-order valence-corrected chi connectivity index (χ1v) is 20.2. The molecular weight excluding hydrogens is 687 g/mol. The smallest absolute Gasteiger partial charge is 0.333 e. The van der Waals surface area contributed by atoms with Crippen LogP contribution in [0.5, 0.6) is 0 Å². The lowest BCUT2D eigenvalue weighted by atomic mass is 9.42. The van der Waals surface area contributed by atoms with E-state index in [-0.39, 0.29) is 17.7 Å². The van der Waals surface area contributed by atoms with Crippen LogP contribution in [0.1, 0.15) is 49.9 Å². The van der Waals surface area contributed by atoms with E-state index in [0.29, 0.717) is 0 Å². The molecule has 1 aliphatic carbocycles. The van der Waals surface area contributed by atoms with Crippen molar-refractivity contribution in [2.24, 2.45) is 0 Å². The molecule has 0 saturated heterocycles. The lowest BCUT2D eigenvalue weighted by Crippen LogP contribution is -2.61. The van der Waals surface area contributed by atoms with Crippen molar-refractivity contribution < 1.29 is 0 Å². The van der Waals surface area contributed by atoms with E-state index >= 15 is 0 Å². The fraction of sp³-hybridized carbons (Fsp3) is 0.111. The van der Waals surface area contributed by atoms with Gasteiger partial charge in [-0.15, -0.1) is 0 Å². The highest BCUT2D eigenvalue weighted by Gasteiger charge is 2.49. The van der Waals surface area contributed by atoms with E-state index in [9.17, 15) is 0 Å². The first-order chi connectivity index (χ1) is 27.8. The van der Waals surface area contributed by atoms with Crippen LogP contribution in [0, 0.1) is 0 Å². The van der Waals surface area contributed by atoms with Crippen molar-refractivity contribution in [1.82, 2.24) is 0 Å². The van der Waals surface area contributed by atoms with Gasteiger partial charge in [0, 0.05) is 39.1 Å². The molecule has 0 spiro atoms. The van der Waals surface area contributed by atoms with E-state index in [2.05, 4.69) is 220 Å². The van der Waals surface area contributed by atoms with E-state index in [1.807, 2.05) is 0 Å². The standard InChI is InChI=1S/C54H43BN2/c1-53(2,39-23-12-7-13-24-39)45-28-18-29-46-52(45)56-47-34-43-41-25-14-16-27-44(41)54(3,4)50(43)49-42-26-15-17-30-48(42)57(55(46)51(47)49)40-32-37(35-19-8-5-9-20-35)31-38(33-40)36-21-10-6-11-22-36/h5-34,56H,1-4H3. The molecule has 11 rings (SSSR count). The zero-order valence-electron chi connectivity index (χ0n) is 32.8. The van der Waals surface area contributed by atoms with Crippen LogP contribution in [0.2, 0.25) is 0 Å². The molecule has 3 aliphatic rings. The highest BCUT2D eigenvalue weighted by molar-refractivity contribution is 6.93. The van der Waals surface area contributed by atoms with Gasteiger partial charge in [0.05, 0.1) is 0 Å². The Labute approximate surface area is 336 Å². The van der Waals surface area contributed by atoms with Gasteiger partial charge in [-0.1, -0.05) is 179 Å². The predicted octanol–water partition coefficient (Wildman–Crippen LogP) is 12.6. The van der Waals surface area contributed by atoms with Gasteiger partial charge in [-0.2, -0.15) is 0 Å². The maximum absolute atomic E-state index is 4.16. The number of hydrogen-bond acceptors (Lipinski definition) is 2. The number of nitrogens with zero attached hydrogens (tertiary/aromatic N) is 1. The number of rotatable bonds is 5. The molecule has 8 aromatic rings. The Kier molecular flexibility index (Phi) is 7.38. The number of para-hydroxylation sites is 2. The van der Waals surface area contributed by atoms with Crippen molar-refractivity contribution in [3.05, 3.63) is 204 Å². The Hall–Kier alpha value is -6.58. The SMILES string of the molecule is CC(C)(c1ccccc1)c1cccc2c1Nc1cc3c(c4c1B2N(c1cc(-c2ccccc2)cc(-c2ccccc2)c1)c1ccccc1-4)C(C)(C)c1ccccc1-3. The van der Waals surface area contributed by atoms with Crippen molar-refractivity contribution in [2.45, 2.75) is 38.5 Å². The van der Waals surface area contributed by atoms with Gasteiger partial charge in [0.15, 0.2) is 0 Å². The molecule has 0 unspecified atom stereocenters. The first-order valence-electron chi connectivity index (χ1n) is 20.2. The van der Waals surface area contributed by atoms with E-state index in [4.69, 9.17) is 0 Å². The van der Waals surface area contributed by atoms with Gasteiger partial charge in [-0.3, -0.25) is 0 Å². The maximum atomic E-state index is 4.16. The Bertz CT molecular complexity index is 2820. The summed E-state index contributed by atoms with van der Waals surface area (Å²) >= 11 is 0. The second-order valence-electron chi connectivity index (χ2n) is 17.0. The Morgan fingerprint density at radius 3 is 1.82 bits per heavy atom. The van der Waals surface area contributed by atoms with Crippen LogP contribution in [0.25, 0.3) is 44.5 Å². The number of nitrogens with one attached hydrogen (secondary N) is 1. The van der Waals surface area contributed by atoms with Crippen LogP contribution in [0.15, 0.2) is 182 Å². The number of benzene rings is 8. The molecule has 0 aromatic heterocycles. The third kappa shape index (κ3) is 4.98. The predicted molar refractivity (Wildman–Crippen MR) is 242 cm³/mol. The molecule has 2 aliphatic heterocycles. The summed E-state index contributed by atoms with van der Waals surface area (Å²) in [7, 11) is 0. The summed E-state index contributed by atoms with van der Waals surface area (Å²) in [6.07, 6.45) is 0. The van der Waals surface area contributed by atoms with Crippen molar-refractivity contribution in [2.75, 3.05) is 10.1 Å². The molecule has 57 heavy (non-hydrogen) atoms. The van der Waals surface area contributed by atoms with E-state index in [1.54, 1.807) is 0 Å². The van der Waals surface area contributed by atoms with Crippen LogP contribution in [0.3, 0.4) is 0 Å². The van der Waals surface area contributed by atoms with Crippen molar-refractivity contribution in [3.8, 4) is 44.5 Å². The molecule has 2 heterocycles. The molecule has 3 heteroatoms. The first kappa shape index (κ1) is 33.7. The van der Waals surface area contributed by atoms with Gasteiger partial charge in [0.1, 0.15) is 0 Å². The largest absolute Gasteiger partial charge is 0.376 e. The fourth-order valence-electron chi connectivity index (χ4n) is 10.3. The summed E-state index contributed by atoms with van der Waals surface area (Å²) in [5.41, 5.74) is 22.5. The highest BCUT2D eigenvalue weighted by atomic mass is 15.1. The lowest BCUT2D eigenvalue weighted by molar-refractivity contribution is 0.643. The topological polar surface area (TPSA) is 15.3 Å². The number of hydrogen-bond donors (Lipinski definition) is 1. The summed E-state index contributed by atoms with van der Waals surface area (Å²) in [6.45, 7) is 9.49. The summed E-state index contributed by atoms with van der Waals surface area (Å²) in [5.74, 6) is 0. The van der Waals surface area contributed by atoms with Crippen molar-refractivity contribution in [3.63, 3.8) is 0 Å². The second-order valence-corrected chi connectivity index (χ2v) is 17.0. The number of anilines is 4. The van der Waals surface area contributed by atoms with Crippen LogP contribution >= 0.6 is 0 Å². The quantitative estimate of drug-likeness (QED) is 0.177. The average Bonchev–Trinajstić information content (AvgIpc) is 3.49. The van der Waals surface area contributed by atoms with Gasteiger partial charge in [-0.05, 0) is 102 Å². The zero-order chi connectivity index (χ0) is 38.5. The molecule has 0 radical (unpaired) electrons. The van der Waals surface area contributed by atoms with Crippen LogP contribution in [-0.2, 0) is 10.8 Å². The van der Waals surface area contributed by atoms with Crippen LogP contribution in [0.4, 0.5) is 22.7 Å². The summed E-state index contributed by atoms with van der Waals surface area (Å²) < 4.78 is 0. The highest BCUT2D eigenvalue weighted by Crippen LogP contribution is 2.56. The minimum atomic E-state index is -0.254. The maximum Gasteiger partial charge on any atom is 0.333 e. The van der Waals surface area contributed by atoms with Crippen LogP contribution in [-0.4, -0.2) is 6.85 Å². The van der Waals surface area contributed by atoms with Crippen molar-refractivity contribution in [1.29, 1.82) is 0 Å². The lowest BCUT2D eigenvalue weighted by Gasteiger charge is -2.45. The molecule has 0 saturated carbocycles. The van der Waals surface area contributed by atoms with E-state index in [0.717, 1.165) is 0 Å². The Balaban J connectivity index is 1.24. The van der Waals surface area contributed by atoms with Crippen LogP contribution < -0.4 is 21.1 Å².